The van der Waals surface area contributed by atoms with Crippen LogP contribution in [0.15, 0.2) is 22.7 Å². The van der Waals surface area contributed by atoms with Crippen molar-refractivity contribution in [3.63, 3.8) is 0 Å². The molecule has 0 spiro atoms. The molecule has 0 heterocycles. The topological polar surface area (TPSA) is 41.5 Å². The summed E-state index contributed by atoms with van der Waals surface area (Å²) in [6.07, 6.45) is -0.367. The minimum Gasteiger partial charge on any atom is -0.497 e. The fraction of sp³-hybridized carbons (Fsp3) is 0.400. The fourth-order valence-electron chi connectivity index (χ4n) is 1.02. The SMILES string of the molecule is COc1ccc(Br)c(NCC(C)O)c1. The van der Waals surface area contributed by atoms with Gasteiger partial charge in [0.1, 0.15) is 5.75 Å². The molecule has 0 aromatic heterocycles. The zero-order valence-corrected chi connectivity index (χ0v) is 9.84. The Morgan fingerprint density at radius 2 is 2.29 bits per heavy atom. The number of hydrogen-bond acceptors (Lipinski definition) is 3. The van der Waals surface area contributed by atoms with Gasteiger partial charge in [0.2, 0.25) is 0 Å². The van der Waals surface area contributed by atoms with E-state index in [1.807, 2.05) is 18.2 Å². The summed E-state index contributed by atoms with van der Waals surface area (Å²) in [7, 11) is 1.63. The summed E-state index contributed by atoms with van der Waals surface area (Å²) in [6, 6.07) is 5.66. The van der Waals surface area contributed by atoms with E-state index in [0.29, 0.717) is 6.54 Å². The maximum atomic E-state index is 9.12. The van der Waals surface area contributed by atoms with Gasteiger partial charge in [0.15, 0.2) is 0 Å². The Morgan fingerprint density at radius 1 is 1.57 bits per heavy atom. The van der Waals surface area contributed by atoms with Crippen LogP contribution in [-0.4, -0.2) is 24.9 Å². The van der Waals surface area contributed by atoms with Gasteiger partial charge in [-0.05, 0) is 35.0 Å². The maximum Gasteiger partial charge on any atom is 0.121 e. The van der Waals surface area contributed by atoms with Gasteiger partial charge in [-0.15, -0.1) is 0 Å². The number of hydrogen-bond donors (Lipinski definition) is 2. The second-order valence-electron chi connectivity index (χ2n) is 3.08. The van der Waals surface area contributed by atoms with E-state index in [0.717, 1.165) is 15.9 Å². The molecule has 1 aromatic carbocycles. The zero-order chi connectivity index (χ0) is 10.6. The molecule has 0 bridgehead atoms. The third-order valence-corrected chi connectivity index (χ3v) is 2.45. The Hall–Kier alpha value is -0.740. The number of anilines is 1. The second-order valence-corrected chi connectivity index (χ2v) is 3.93. The largest absolute Gasteiger partial charge is 0.497 e. The van der Waals surface area contributed by atoms with Crippen LogP contribution in [0.4, 0.5) is 5.69 Å². The molecule has 0 aliphatic rings. The van der Waals surface area contributed by atoms with Gasteiger partial charge >= 0.3 is 0 Å². The summed E-state index contributed by atoms with van der Waals surface area (Å²) >= 11 is 3.41. The average molecular weight is 260 g/mol. The van der Waals surface area contributed by atoms with Crippen LogP contribution in [0.1, 0.15) is 6.92 Å². The number of benzene rings is 1. The van der Waals surface area contributed by atoms with E-state index in [2.05, 4.69) is 21.2 Å². The highest BCUT2D eigenvalue weighted by atomic mass is 79.9. The number of methoxy groups -OCH3 is 1. The molecule has 0 saturated carbocycles. The van der Waals surface area contributed by atoms with Gasteiger partial charge < -0.3 is 15.2 Å². The lowest BCUT2D eigenvalue weighted by molar-refractivity contribution is 0.208. The third-order valence-electron chi connectivity index (χ3n) is 1.76. The first kappa shape index (κ1) is 11.3. The number of ether oxygens (including phenoxy) is 1. The van der Waals surface area contributed by atoms with Gasteiger partial charge in [0.25, 0.3) is 0 Å². The van der Waals surface area contributed by atoms with Crippen molar-refractivity contribution in [2.45, 2.75) is 13.0 Å². The first-order valence-corrected chi connectivity index (χ1v) is 5.18. The Labute approximate surface area is 92.2 Å². The van der Waals surface area contributed by atoms with Crippen LogP contribution in [0.25, 0.3) is 0 Å². The highest BCUT2D eigenvalue weighted by molar-refractivity contribution is 9.10. The summed E-state index contributed by atoms with van der Waals surface area (Å²) in [5.41, 5.74) is 0.922. The number of halogens is 1. The zero-order valence-electron chi connectivity index (χ0n) is 8.25. The molecule has 0 fully saturated rings. The van der Waals surface area contributed by atoms with Gasteiger partial charge in [0.05, 0.1) is 18.9 Å². The van der Waals surface area contributed by atoms with E-state index in [1.54, 1.807) is 14.0 Å². The molecule has 1 unspecified atom stereocenters. The molecule has 0 amide bonds. The molecule has 1 atom stereocenters. The van der Waals surface area contributed by atoms with E-state index >= 15 is 0 Å². The van der Waals surface area contributed by atoms with E-state index < -0.39 is 0 Å². The van der Waals surface area contributed by atoms with Gasteiger partial charge in [-0.2, -0.15) is 0 Å². The van der Waals surface area contributed by atoms with Crippen molar-refractivity contribution in [1.29, 1.82) is 0 Å². The van der Waals surface area contributed by atoms with Crippen LogP contribution in [0.3, 0.4) is 0 Å². The van der Waals surface area contributed by atoms with Gasteiger partial charge in [-0.3, -0.25) is 0 Å². The Kier molecular flexibility index (Phi) is 4.22. The summed E-state index contributed by atoms with van der Waals surface area (Å²) in [4.78, 5) is 0. The quantitative estimate of drug-likeness (QED) is 0.872. The fourth-order valence-corrected chi connectivity index (χ4v) is 1.41. The average Bonchev–Trinajstić information content (AvgIpc) is 2.16. The van der Waals surface area contributed by atoms with Gasteiger partial charge in [-0.25, -0.2) is 0 Å². The standard InChI is InChI=1S/C10H14BrNO2/c1-7(13)6-12-10-5-8(14-2)3-4-9(10)11/h3-5,7,12-13H,6H2,1-2H3. The summed E-state index contributed by atoms with van der Waals surface area (Å²) in [5.74, 6) is 0.793. The smallest absolute Gasteiger partial charge is 0.121 e. The number of aliphatic hydroxyl groups is 1. The predicted octanol–water partition coefficient (Wildman–Crippen LogP) is 2.25. The second kappa shape index (κ2) is 5.22. The minimum absolute atomic E-state index is 0.367. The maximum absolute atomic E-state index is 9.12. The summed E-state index contributed by atoms with van der Waals surface area (Å²) < 4.78 is 6.05. The molecule has 0 aliphatic carbocycles. The van der Waals surface area contributed by atoms with Crippen molar-refractivity contribution < 1.29 is 9.84 Å². The lowest BCUT2D eigenvalue weighted by Crippen LogP contribution is -2.15. The molecule has 78 valence electrons. The molecular formula is C10H14BrNO2. The van der Waals surface area contributed by atoms with Crippen LogP contribution in [-0.2, 0) is 0 Å². The molecule has 0 saturated heterocycles. The molecule has 1 rings (SSSR count). The van der Waals surface area contributed by atoms with Crippen molar-refractivity contribution in [2.24, 2.45) is 0 Å². The monoisotopic (exact) mass is 259 g/mol. The predicted molar refractivity (Wildman–Crippen MR) is 60.9 cm³/mol. The molecular weight excluding hydrogens is 246 g/mol. The number of rotatable bonds is 4. The van der Waals surface area contributed by atoms with Crippen LogP contribution in [0.5, 0.6) is 5.75 Å². The molecule has 3 nitrogen and oxygen atoms in total. The van der Waals surface area contributed by atoms with Crippen LogP contribution in [0, 0.1) is 0 Å². The first-order valence-electron chi connectivity index (χ1n) is 4.39. The summed E-state index contributed by atoms with van der Waals surface area (Å²) in [5, 5.41) is 12.2. The minimum atomic E-state index is -0.367. The van der Waals surface area contributed by atoms with Crippen molar-refractivity contribution in [3.05, 3.63) is 22.7 Å². The van der Waals surface area contributed by atoms with Gasteiger partial charge in [-0.1, -0.05) is 0 Å². The highest BCUT2D eigenvalue weighted by Gasteiger charge is 2.02. The van der Waals surface area contributed by atoms with Crippen LogP contribution < -0.4 is 10.1 Å². The number of nitrogens with one attached hydrogen (secondary N) is 1. The molecule has 14 heavy (non-hydrogen) atoms. The lowest BCUT2D eigenvalue weighted by atomic mass is 10.3. The van der Waals surface area contributed by atoms with Gasteiger partial charge in [0, 0.05) is 17.1 Å². The molecule has 0 radical (unpaired) electrons. The first-order chi connectivity index (χ1) is 6.63. The lowest BCUT2D eigenvalue weighted by Gasteiger charge is -2.11. The molecule has 0 aliphatic heterocycles. The van der Waals surface area contributed by atoms with Crippen LogP contribution >= 0.6 is 15.9 Å². The Morgan fingerprint density at radius 3 is 2.86 bits per heavy atom. The van der Waals surface area contributed by atoms with E-state index in [1.165, 1.54) is 0 Å². The molecule has 4 heteroatoms. The van der Waals surface area contributed by atoms with Crippen molar-refractivity contribution in [3.8, 4) is 5.75 Å². The number of aliphatic hydroxyl groups excluding tert-OH is 1. The van der Waals surface area contributed by atoms with Crippen molar-refractivity contribution in [2.75, 3.05) is 19.0 Å². The molecule has 2 N–H and O–H groups in total. The third kappa shape index (κ3) is 3.20. The highest BCUT2D eigenvalue weighted by Crippen LogP contribution is 2.26. The normalized spacial score (nSPS) is 12.3. The molecule has 1 aromatic rings. The van der Waals surface area contributed by atoms with Crippen molar-refractivity contribution >= 4 is 21.6 Å². The van der Waals surface area contributed by atoms with E-state index in [-0.39, 0.29) is 6.10 Å². The van der Waals surface area contributed by atoms with E-state index in [9.17, 15) is 0 Å². The Balaban J connectivity index is 2.73. The van der Waals surface area contributed by atoms with E-state index in [4.69, 9.17) is 9.84 Å². The van der Waals surface area contributed by atoms with Crippen molar-refractivity contribution in [1.82, 2.24) is 0 Å². The Bertz CT molecular complexity index is 302. The summed E-state index contributed by atoms with van der Waals surface area (Å²) in [6.45, 7) is 2.26. The van der Waals surface area contributed by atoms with Crippen LogP contribution in [0.2, 0.25) is 0 Å².